The fourth-order valence-electron chi connectivity index (χ4n) is 4.11. The molecule has 0 aliphatic carbocycles. The Labute approximate surface area is 186 Å². The van der Waals surface area contributed by atoms with E-state index in [4.69, 9.17) is 19.7 Å². The van der Waals surface area contributed by atoms with Gasteiger partial charge in [-0.2, -0.15) is 10.1 Å². The number of hydrogen-bond donors (Lipinski definition) is 2. The second kappa shape index (κ2) is 7.40. The van der Waals surface area contributed by atoms with E-state index in [9.17, 15) is 0 Å². The van der Waals surface area contributed by atoms with Crippen LogP contribution in [0.15, 0.2) is 30.9 Å². The molecule has 0 spiro atoms. The first kappa shape index (κ1) is 18.9. The Hall–Kier alpha value is -2.82. The van der Waals surface area contributed by atoms with Crippen LogP contribution in [0.5, 0.6) is 5.19 Å². The lowest BCUT2D eigenvalue weighted by molar-refractivity contribution is 0.0791. The van der Waals surface area contributed by atoms with Crippen LogP contribution < -0.4 is 4.74 Å². The third-order valence-corrected chi connectivity index (χ3v) is 7.92. The number of fused-ring (bicyclic) bond motifs is 2. The molecular weight excluding hydrogens is 430 g/mol. The van der Waals surface area contributed by atoms with Gasteiger partial charge in [0.05, 0.1) is 11.7 Å². The van der Waals surface area contributed by atoms with Gasteiger partial charge in [-0.1, -0.05) is 22.7 Å². The molecule has 1 aliphatic rings. The van der Waals surface area contributed by atoms with Crippen LogP contribution >= 0.6 is 22.7 Å². The minimum atomic E-state index is 0.224. The highest BCUT2D eigenvalue weighted by Gasteiger charge is 2.25. The minimum absolute atomic E-state index is 0.224. The standard InChI is InChI=1S/C21H21N7OS2/c1-11-7-13(4-6-28(11)2)29-21-27-20-19(31-21)26-18(30-20)17-16-14(3-5-22-16)15(10-23-17)12-8-24-25-9-12/h3,5,8-11,13,22H,4,6-7H2,1-2H3,(H,24,25)/t11-,13+/m0/s1. The van der Waals surface area contributed by atoms with Gasteiger partial charge < -0.3 is 14.6 Å². The molecule has 2 atom stereocenters. The number of piperidine rings is 1. The number of likely N-dealkylation sites (tertiary alicyclic amines) is 1. The number of aromatic nitrogens is 6. The summed E-state index contributed by atoms with van der Waals surface area (Å²) in [5.74, 6) is 0. The molecule has 158 valence electrons. The lowest BCUT2D eigenvalue weighted by Gasteiger charge is -2.34. The third kappa shape index (κ3) is 3.31. The van der Waals surface area contributed by atoms with E-state index < -0.39 is 0 Å². The van der Waals surface area contributed by atoms with Crippen molar-refractivity contribution < 1.29 is 4.74 Å². The van der Waals surface area contributed by atoms with E-state index in [0.717, 1.165) is 67.0 Å². The van der Waals surface area contributed by atoms with Gasteiger partial charge in [-0.25, -0.2) is 4.98 Å². The zero-order chi connectivity index (χ0) is 20.9. The van der Waals surface area contributed by atoms with Gasteiger partial charge in [0.2, 0.25) is 0 Å². The summed E-state index contributed by atoms with van der Waals surface area (Å²) in [4.78, 5) is 21.8. The number of hydrogen-bond acceptors (Lipinski definition) is 8. The number of aromatic amines is 2. The minimum Gasteiger partial charge on any atom is -0.467 e. The van der Waals surface area contributed by atoms with E-state index in [1.165, 1.54) is 11.3 Å². The van der Waals surface area contributed by atoms with Crippen LogP contribution in [0.3, 0.4) is 0 Å². The van der Waals surface area contributed by atoms with Crippen molar-refractivity contribution in [1.82, 2.24) is 35.0 Å². The molecule has 5 aromatic rings. The Balaban J connectivity index is 1.30. The Morgan fingerprint density at radius 2 is 2.10 bits per heavy atom. The van der Waals surface area contributed by atoms with Crippen LogP contribution in [-0.2, 0) is 0 Å². The molecular formula is C21H21N7OS2. The highest BCUT2D eigenvalue weighted by atomic mass is 32.1. The van der Waals surface area contributed by atoms with E-state index in [1.807, 2.05) is 18.6 Å². The molecule has 0 radical (unpaired) electrons. The van der Waals surface area contributed by atoms with Crippen molar-refractivity contribution in [3.05, 3.63) is 30.9 Å². The molecule has 1 saturated heterocycles. The summed E-state index contributed by atoms with van der Waals surface area (Å²) in [6, 6.07) is 2.59. The summed E-state index contributed by atoms with van der Waals surface area (Å²) in [5.41, 5.74) is 3.86. The second-order valence-electron chi connectivity index (χ2n) is 7.98. The number of ether oxygens (including phenoxy) is 1. The highest BCUT2D eigenvalue weighted by Crippen LogP contribution is 2.39. The van der Waals surface area contributed by atoms with Crippen LogP contribution in [0.25, 0.3) is 42.4 Å². The highest BCUT2D eigenvalue weighted by molar-refractivity contribution is 7.28. The van der Waals surface area contributed by atoms with Gasteiger partial charge in [0.1, 0.15) is 16.8 Å². The summed E-state index contributed by atoms with van der Waals surface area (Å²) in [7, 11) is 2.17. The van der Waals surface area contributed by atoms with Gasteiger partial charge in [-0.05, 0) is 32.9 Å². The summed E-state index contributed by atoms with van der Waals surface area (Å²) < 4.78 is 6.19. The second-order valence-corrected chi connectivity index (χ2v) is 9.89. The van der Waals surface area contributed by atoms with Crippen molar-refractivity contribution in [1.29, 1.82) is 0 Å². The van der Waals surface area contributed by atoms with Crippen molar-refractivity contribution in [3.63, 3.8) is 0 Å². The lowest BCUT2D eigenvalue weighted by atomic mass is 10.0. The van der Waals surface area contributed by atoms with Gasteiger partial charge in [0, 0.05) is 47.7 Å². The molecule has 10 heteroatoms. The number of nitrogens with zero attached hydrogens (tertiary/aromatic N) is 5. The van der Waals surface area contributed by atoms with Gasteiger partial charge >= 0.3 is 0 Å². The van der Waals surface area contributed by atoms with Crippen molar-refractivity contribution in [3.8, 4) is 27.0 Å². The molecule has 0 amide bonds. The van der Waals surface area contributed by atoms with Crippen molar-refractivity contribution in [2.24, 2.45) is 0 Å². The van der Waals surface area contributed by atoms with Gasteiger partial charge in [0.25, 0.3) is 5.19 Å². The van der Waals surface area contributed by atoms with E-state index in [1.54, 1.807) is 17.5 Å². The van der Waals surface area contributed by atoms with Crippen molar-refractivity contribution in [2.45, 2.75) is 31.9 Å². The molecule has 6 heterocycles. The maximum absolute atomic E-state index is 6.19. The topological polar surface area (TPSA) is 95.6 Å². The molecule has 8 nitrogen and oxygen atoms in total. The zero-order valence-electron chi connectivity index (χ0n) is 17.1. The van der Waals surface area contributed by atoms with E-state index in [2.05, 4.69) is 40.1 Å². The largest absolute Gasteiger partial charge is 0.467 e. The molecule has 5 aromatic heterocycles. The summed E-state index contributed by atoms with van der Waals surface area (Å²) >= 11 is 3.07. The van der Waals surface area contributed by atoms with Crippen LogP contribution in [-0.4, -0.2) is 60.8 Å². The number of nitrogens with one attached hydrogen (secondary N) is 2. The number of H-pyrrole nitrogens is 2. The molecule has 0 bridgehead atoms. The molecule has 31 heavy (non-hydrogen) atoms. The maximum Gasteiger partial charge on any atom is 0.276 e. The smallest absolute Gasteiger partial charge is 0.276 e. The molecule has 6 rings (SSSR count). The van der Waals surface area contributed by atoms with Crippen molar-refractivity contribution in [2.75, 3.05) is 13.6 Å². The molecule has 2 N–H and O–H groups in total. The first-order valence-corrected chi connectivity index (χ1v) is 11.9. The molecule has 0 unspecified atom stereocenters. The number of rotatable bonds is 4. The summed E-state index contributed by atoms with van der Waals surface area (Å²) in [6.45, 7) is 3.30. The Kier molecular flexibility index (Phi) is 4.51. The summed E-state index contributed by atoms with van der Waals surface area (Å²) in [6.07, 6.45) is 9.78. The first-order chi connectivity index (χ1) is 15.2. The van der Waals surface area contributed by atoms with Crippen molar-refractivity contribution >= 4 is 43.2 Å². The van der Waals surface area contributed by atoms with Gasteiger partial charge in [-0.3, -0.25) is 10.1 Å². The maximum atomic E-state index is 6.19. The Bertz CT molecular complexity index is 1320. The van der Waals surface area contributed by atoms with Gasteiger partial charge in [-0.15, -0.1) is 0 Å². The quantitative estimate of drug-likeness (QED) is 0.416. The average Bonchev–Trinajstić information content (AvgIpc) is 3.54. The number of thiazole rings is 2. The first-order valence-electron chi connectivity index (χ1n) is 10.3. The zero-order valence-corrected chi connectivity index (χ0v) is 18.8. The lowest BCUT2D eigenvalue weighted by Crippen LogP contribution is -2.41. The van der Waals surface area contributed by atoms with Crippen LogP contribution in [0.4, 0.5) is 0 Å². The van der Waals surface area contributed by atoms with Crippen LogP contribution in [0.2, 0.25) is 0 Å². The third-order valence-electron chi connectivity index (χ3n) is 5.99. The SMILES string of the molecule is C[C@H]1C[C@H](Oc2nc3sc(-c4ncc(-c5cn[nH]c5)c5cc[nH]c45)nc3s2)CCN1C. The molecule has 0 aromatic carbocycles. The van der Waals surface area contributed by atoms with Gasteiger partial charge in [0.15, 0.2) is 9.66 Å². The molecule has 0 saturated carbocycles. The monoisotopic (exact) mass is 451 g/mol. The van der Waals surface area contributed by atoms with E-state index in [0.29, 0.717) is 6.04 Å². The normalized spacial score (nSPS) is 20.1. The fraction of sp³-hybridized carbons (Fsp3) is 0.333. The van der Waals surface area contributed by atoms with Crippen LogP contribution in [0, 0.1) is 0 Å². The van der Waals surface area contributed by atoms with E-state index in [-0.39, 0.29) is 6.10 Å². The molecule has 1 fully saturated rings. The Morgan fingerprint density at radius 3 is 2.90 bits per heavy atom. The fourth-order valence-corrected chi connectivity index (χ4v) is 6.07. The predicted molar refractivity (Wildman–Crippen MR) is 124 cm³/mol. The van der Waals surface area contributed by atoms with Crippen LogP contribution in [0.1, 0.15) is 19.8 Å². The molecule has 1 aliphatic heterocycles. The summed E-state index contributed by atoms with van der Waals surface area (Å²) in [5, 5.41) is 9.59. The predicted octanol–water partition coefficient (Wildman–Crippen LogP) is 4.55. The average molecular weight is 452 g/mol. The number of pyridine rings is 1. The Morgan fingerprint density at radius 1 is 1.19 bits per heavy atom. The van der Waals surface area contributed by atoms with E-state index >= 15 is 0 Å².